The Morgan fingerprint density at radius 1 is 0.339 bits per heavy atom. The normalized spacial score (nSPS) is 10.4. The smallest absolute Gasteiger partial charge is 0.155 e. The summed E-state index contributed by atoms with van der Waals surface area (Å²) in [7, 11) is 0. The molecule has 0 fully saturated rings. The van der Waals surface area contributed by atoms with Crippen molar-refractivity contribution in [2.45, 2.75) is 34.6 Å². The summed E-state index contributed by atoms with van der Waals surface area (Å²) in [6, 6.07) is 120. The average molecular weight is 2250 g/mol. The molecule has 0 amide bonds. The van der Waals surface area contributed by atoms with E-state index in [-0.39, 0.29) is 104 Å². The van der Waals surface area contributed by atoms with Crippen LogP contribution in [0.4, 0.5) is 0 Å². The monoisotopic (exact) mass is 2250 g/mol. The van der Waals surface area contributed by atoms with Crippen LogP contribution in [0.1, 0.15) is 33.3 Å². The molecule has 0 aliphatic carbocycles. The molecule has 8 aromatic heterocycles. The fourth-order valence-corrected chi connectivity index (χ4v) is 11.7. The number of benzene rings is 11. The quantitative estimate of drug-likeness (QED) is 0.0826. The number of aliphatic hydroxyl groups excluding tert-OH is 2. The van der Waals surface area contributed by atoms with Crippen molar-refractivity contribution in [1.29, 1.82) is 0 Å². The van der Waals surface area contributed by atoms with E-state index in [0.29, 0.717) is 5.89 Å². The molecule has 19 rings (SSSR count). The molecule has 4 radical (unpaired) electrons. The molecule has 0 unspecified atom stereocenters. The fourth-order valence-electron chi connectivity index (χ4n) is 11.7. The Bertz CT molecular complexity index is 6200. The number of pyridine rings is 6. The van der Waals surface area contributed by atoms with Crippen LogP contribution in [0.25, 0.3) is 144 Å². The molecule has 14 nitrogen and oxygen atoms in total. The summed E-state index contributed by atoms with van der Waals surface area (Å²) in [6.45, 7) is 7.76. The van der Waals surface area contributed by atoms with Crippen LogP contribution in [-0.4, -0.2) is 66.6 Å². The van der Waals surface area contributed by atoms with Crippen LogP contribution in [0.2, 0.25) is 0 Å². The largest absolute Gasteiger partial charge is 0.512 e. The predicted octanol–water partition coefficient (Wildman–Crippen LogP) is 23.5. The zero-order chi connectivity index (χ0) is 79.2. The standard InChI is InChI=1S/C19H12N.C18H11N2.C16H12N.C14H9N2.C13H8NO.C10H7N2.2C5H8O2.4Ir/c1-3-9-16-14(6-1)8-5-10-17(16)19-13-12-15-7-2-4-11-18(15)20-19;1-2-9-16-13(5-1)10-11-17(20-16)15-8-3-6-14-7-4-12-19-18(14)15;1-12-6-8-14(9-7-12)16-11-10-13-4-2-3-5-15(13)17-16;1-2-4-13-11(3-1)5-6-14(16-13)12-7-9-15-10-8-12;1-2-6-10(7-3-1)13-14-11-8-4-5-9-12(11)15-13;1-2-4-9(5-3-1)10-8-11-6-7-12-10;2*1-4(6)3-5(2)7;;;;/h1-9,11-13H;1-7,9-12H;2-8,10-11H,1H3;1-7,9-10H;1-6,8-9H;1-4,6-8H;2*3,6H,1-2H3;;;;/q6*-1;;;;;;. The molecule has 118 heavy (non-hydrogen) atoms. The van der Waals surface area contributed by atoms with Gasteiger partial charge in [0, 0.05) is 123 Å². The summed E-state index contributed by atoms with van der Waals surface area (Å²) < 4.78 is 5.61. The second-order valence-electron chi connectivity index (χ2n) is 25.6. The van der Waals surface area contributed by atoms with Gasteiger partial charge in [-0.25, -0.2) is 0 Å². The van der Waals surface area contributed by atoms with Gasteiger partial charge >= 0.3 is 0 Å². The van der Waals surface area contributed by atoms with Gasteiger partial charge in [-0.15, -0.1) is 155 Å². The summed E-state index contributed by atoms with van der Waals surface area (Å²) in [5, 5.41) is 24.9. The van der Waals surface area contributed by atoms with Gasteiger partial charge in [-0.1, -0.05) is 193 Å². The summed E-state index contributed by atoms with van der Waals surface area (Å²) in [4.78, 5) is 59.7. The van der Waals surface area contributed by atoms with Crippen LogP contribution < -0.4 is 0 Å². The Labute approximate surface area is 739 Å². The van der Waals surface area contributed by atoms with Crippen LogP contribution in [0.3, 0.4) is 0 Å². The predicted molar refractivity (Wildman–Crippen MR) is 458 cm³/mol. The number of aromatic nitrogens is 9. The zero-order valence-electron chi connectivity index (χ0n) is 64.5. The van der Waals surface area contributed by atoms with Crippen molar-refractivity contribution >= 4 is 88.0 Å². The number of carbonyl (C=O) groups excluding carboxylic acids is 2. The number of ketones is 2. The van der Waals surface area contributed by atoms with E-state index in [2.05, 4.69) is 181 Å². The van der Waals surface area contributed by atoms with E-state index in [4.69, 9.17) is 24.6 Å². The summed E-state index contributed by atoms with van der Waals surface area (Å²) in [5.74, 6) is 0.497. The Morgan fingerprint density at radius 3 is 1.28 bits per heavy atom. The maximum atomic E-state index is 10.0. The fraction of sp³-hybridized carbons (Fsp3) is 0.0500. The Balaban J connectivity index is 0.000000171. The molecule has 0 spiro atoms. The molecule has 0 saturated heterocycles. The molecule has 0 saturated carbocycles. The SMILES string of the molecule is CC(=O)C=C(C)O.CC(=O)C=C(C)O.Cc1c[c-]c(-c2ccc3ccccc3n2)cc1.[Ir].[Ir].[Ir].[Ir].[c-]1ccc2ccccc2c1-c1ccc2ccccc2n1.[c-]1ccc2cccnc2c1-c1ccc2ccccc2n1.[c-]1ccccc1-c1cnccn1.[c-]1ccccc1-c1nc2ccccc2o1.[c-]1cnccc1-c1ccc2ccccc2n1. The van der Waals surface area contributed by atoms with Crippen molar-refractivity contribution in [1.82, 2.24) is 44.9 Å². The number of oxazole rings is 1. The van der Waals surface area contributed by atoms with E-state index in [1.807, 2.05) is 200 Å². The van der Waals surface area contributed by atoms with Crippen molar-refractivity contribution in [3.63, 3.8) is 0 Å². The van der Waals surface area contributed by atoms with Gasteiger partial charge in [0.05, 0.1) is 39.1 Å². The van der Waals surface area contributed by atoms with E-state index in [0.717, 1.165) is 122 Å². The van der Waals surface area contributed by atoms with Crippen molar-refractivity contribution in [2.75, 3.05) is 0 Å². The summed E-state index contributed by atoms with van der Waals surface area (Å²) >= 11 is 0. The number of hydrogen-bond acceptors (Lipinski definition) is 14. The molecule has 0 bridgehead atoms. The molecular weight excluding hydrogens is 2180 g/mol. The van der Waals surface area contributed by atoms with E-state index < -0.39 is 0 Å². The topological polar surface area (TPSA) is 204 Å². The average Bonchev–Trinajstić information content (AvgIpc) is 1.04. The van der Waals surface area contributed by atoms with Crippen LogP contribution in [-0.2, 0) is 90.0 Å². The van der Waals surface area contributed by atoms with Crippen LogP contribution in [0.5, 0.6) is 0 Å². The van der Waals surface area contributed by atoms with Gasteiger partial charge in [-0.05, 0) is 132 Å². The maximum Gasteiger partial charge on any atom is 0.155 e. The van der Waals surface area contributed by atoms with Gasteiger partial charge in [0.25, 0.3) is 0 Å². The molecule has 11 aromatic carbocycles. The zero-order valence-corrected chi connectivity index (χ0v) is 74.0. The van der Waals surface area contributed by atoms with Gasteiger partial charge in [0.15, 0.2) is 11.6 Å². The molecule has 19 aromatic rings. The molecule has 18 heteroatoms. The third kappa shape index (κ3) is 26.5. The first-order valence-corrected chi connectivity index (χ1v) is 36.5. The van der Waals surface area contributed by atoms with Crippen LogP contribution in [0.15, 0.2) is 369 Å². The Hall–Kier alpha value is -12.6. The summed E-state index contributed by atoms with van der Waals surface area (Å²) in [6.07, 6.45) is 12.6. The van der Waals surface area contributed by atoms with E-state index in [9.17, 15) is 9.59 Å². The second-order valence-corrected chi connectivity index (χ2v) is 25.6. The molecular formula is C100H75Ir4N9O5-6. The first-order chi connectivity index (χ1) is 55.7. The minimum absolute atomic E-state index is 0. The maximum absolute atomic E-state index is 10.0. The van der Waals surface area contributed by atoms with Crippen LogP contribution >= 0.6 is 0 Å². The van der Waals surface area contributed by atoms with E-state index in [1.165, 1.54) is 61.6 Å². The third-order valence-electron chi connectivity index (χ3n) is 16.9. The summed E-state index contributed by atoms with van der Waals surface area (Å²) in [5.41, 5.74) is 18.4. The van der Waals surface area contributed by atoms with Gasteiger partial charge < -0.3 is 29.6 Å². The van der Waals surface area contributed by atoms with Crippen LogP contribution in [0, 0.1) is 43.3 Å². The number of rotatable bonds is 8. The number of aryl methyl sites for hydroxylation is 1. The molecule has 8 heterocycles. The number of carbonyl (C=O) groups is 2. The third-order valence-corrected chi connectivity index (χ3v) is 16.9. The van der Waals surface area contributed by atoms with Gasteiger partial charge in [-0.2, -0.15) is 11.6 Å². The number of nitrogens with zero attached hydrogens (tertiary/aromatic N) is 9. The van der Waals surface area contributed by atoms with E-state index >= 15 is 0 Å². The van der Waals surface area contributed by atoms with Crippen molar-refractivity contribution in [3.05, 3.63) is 406 Å². The van der Waals surface area contributed by atoms with Gasteiger partial charge in [-0.3, -0.25) is 39.5 Å². The minimum atomic E-state index is -0.125. The van der Waals surface area contributed by atoms with Crippen molar-refractivity contribution in [3.8, 4) is 67.7 Å². The molecule has 0 aliphatic heterocycles. The number of fused-ring (bicyclic) bond motifs is 7. The number of aliphatic hydroxyl groups is 2. The Kier molecular flexibility index (Phi) is 36.1. The van der Waals surface area contributed by atoms with Crippen molar-refractivity contribution < 1.29 is 105 Å². The molecule has 592 valence electrons. The van der Waals surface area contributed by atoms with Gasteiger partial charge in [0.1, 0.15) is 11.5 Å². The van der Waals surface area contributed by atoms with E-state index in [1.54, 1.807) is 37.2 Å². The number of hydrogen-bond donors (Lipinski definition) is 2. The van der Waals surface area contributed by atoms with Gasteiger partial charge in [0.2, 0.25) is 0 Å². The van der Waals surface area contributed by atoms with Crippen molar-refractivity contribution in [2.24, 2.45) is 0 Å². The molecule has 0 atom stereocenters. The molecule has 0 aliphatic rings. The second kappa shape index (κ2) is 46.9. The first kappa shape index (κ1) is 91.0. The minimum Gasteiger partial charge on any atom is -0.512 e. The Morgan fingerprint density at radius 2 is 0.797 bits per heavy atom. The number of para-hydroxylation sites is 6. The number of allylic oxidation sites excluding steroid dienone is 4. The first-order valence-electron chi connectivity index (χ1n) is 36.5. The molecule has 2 N–H and O–H groups in total.